The Labute approximate surface area is 101 Å². The van der Waals surface area contributed by atoms with Crippen LogP contribution in [0.15, 0.2) is 18.2 Å². The molecule has 90 valence electrons. The Bertz CT molecular complexity index is 412. The number of nitrogens with zero attached hydrogens (tertiary/aromatic N) is 1. The Hall–Kier alpha value is -1.73. The van der Waals surface area contributed by atoms with Gasteiger partial charge in [0.2, 0.25) is 0 Å². The zero-order valence-electron chi connectivity index (χ0n) is 9.74. The first kappa shape index (κ1) is 11.7. The van der Waals surface area contributed by atoms with E-state index >= 15 is 0 Å². The van der Waals surface area contributed by atoms with E-state index in [4.69, 9.17) is 14.7 Å². The van der Waals surface area contributed by atoms with Crippen LogP contribution in [0.3, 0.4) is 0 Å². The maximum absolute atomic E-state index is 8.41. The highest BCUT2D eigenvalue weighted by molar-refractivity contribution is 5.43. The molecule has 1 aliphatic rings. The molecule has 1 N–H and O–H groups in total. The SMILES string of the molecule is N#CCCCNCc1ccc2c(c1)OCCO2. The number of unbranched alkanes of at least 4 members (excludes halogenated alkanes) is 1. The van der Waals surface area contributed by atoms with E-state index < -0.39 is 0 Å². The average molecular weight is 232 g/mol. The van der Waals surface area contributed by atoms with Gasteiger partial charge < -0.3 is 14.8 Å². The highest BCUT2D eigenvalue weighted by Gasteiger charge is 2.11. The van der Waals surface area contributed by atoms with Crippen LogP contribution in [-0.4, -0.2) is 19.8 Å². The van der Waals surface area contributed by atoms with Crippen LogP contribution < -0.4 is 14.8 Å². The minimum Gasteiger partial charge on any atom is -0.486 e. The molecule has 0 unspecified atom stereocenters. The second-order valence-electron chi connectivity index (χ2n) is 3.92. The number of rotatable bonds is 5. The maximum atomic E-state index is 8.41. The van der Waals surface area contributed by atoms with Crippen molar-refractivity contribution in [2.45, 2.75) is 19.4 Å². The van der Waals surface area contributed by atoms with E-state index in [0.29, 0.717) is 19.6 Å². The van der Waals surface area contributed by atoms with Gasteiger partial charge in [-0.25, -0.2) is 0 Å². The first-order valence-corrected chi connectivity index (χ1v) is 5.86. The van der Waals surface area contributed by atoms with Gasteiger partial charge in [-0.05, 0) is 30.7 Å². The summed E-state index contributed by atoms with van der Waals surface area (Å²) in [5.74, 6) is 1.65. The molecule has 0 saturated heterocycles. The second-order valence-corrected chi connectivity index (χ2v) is 3.92. The van der Waals surface area contributed by atoms with E-state index in [1.807, 2.05) is 18.2 Å². The summed E-state index contributed by atoms with van der Waals surface area (Å²) in [4.78, 5) is 0. The number of hydrogen-bond acceptors (Lipinski definition) is 4. The zero-order valence-corrected chi connectivity index (χ0v) is 9.74. The Balaban J connectivity index is 1.83. The summed E-state index contributed by atoms with van der Waals surface area (Å²) in [5.41, 5.74) is 1.17. The molecule has 1 heterocycles. The topological polar surface area (TPSA) is 54.3 Å². The number of ether oxygens (including phenoxy) is 2. The van der Waals surface area contributed by atoms with Crippen LogP contribution in [0, 0.1) is 11.3 Å². The largest absolute Gasteiger partial charge is 0.486 e. The van der Waals surface area contributed by atoms with Gasteiger partial charge in [-0.3, -0.25) is 0 Å². The van der Waals surface area contributed by atoms with Crippen molar-refractivity contribution in [1.82, 2.24) is 5.32 Å². The van der Waals surface area contributed by atoms with Gasteiger partial charge in [0.15, 0.2) is 11.5 Å². The van der Waals surface area contributed by atoms with Crippen LogP contribution in [0.1, 0.15) is 18.4 Å². The molecule has 4 heteroatoms. The van der Waals surface area contributed by atoms with Crippen molar-refractivity contribution in [3.05, 3.63) is 23.8 Å². The number of fused-ring (bicyclic) bond motifs is 1. The Morgan fingerprint density at radius 3 is 2.88 bits per heavy atom. The highest BCUT2D eigenvalue weighted by Crippen LogP contribution is 2.30. The Kier molecular flexibility index (Phi) is 4.23. The van der Waals surface area contributed by atoms with Crippen molar-refractivity contribution in [2.24, 2.45) is 0 Å². The fraction of sp³-hybridized carbons (Fsp3) is 0.462. The van der Waals surface area contributed by atoms with Crippen LogP contribution in [0.5, 0.6) is 11.5 Å². The number of benzene rings is 1. The molecule has 0 bridgehead atoms. The molecular formula is C13H16N2O2. The van der Waals surface area contributed by atoms with Gasteiger partial charge in [0, 0.05) is 13.0 Å². The summed E-state index contributed by atoms with van der Waals surface area (Å²) >= 11 is 0. The third-order valence-electron chi connectivity index (χ3n) is 2.58. The summed E-state index contributed by atoms with van der Waals surface area (Å²) < 4.78 is 11.0. The van der Waals surface area contributed by atoms with Crippen LogP contribution in [0.25, 0.3) is 0 Å². The molecule has 1 aromatic carbocycles. The number of nitriles is 1. The number of nitrogens with one attached hydrogen (secondary N) is 1. The minimum absolute atomic E-state index is 0.605. The lowest BCUT2D eigenvalue weighted by Crippen LogP contribution is -2.17. The molecule has 0 amide bonds. The van der Waals surface area contributed by atoms with Gasteiger partial charge in [-0.1, -0.05) is 6.07 Å². The van der Waals surface area contributed by atoms with Crippen molar-refractivity contribution in [2.75, 3.05) is 19.8 Å². The van der Waals surface area contributed by atoms with E-state index in [1.54, 1.807) is 0 Å². The van der Waals surface area contributed by atoms with Crippen molar-refractivity contribution in [1.29, 1.82) is 5.26 Å². The molecular weight excluding hydrogens is 216 g/mol. The molecule has 1 aliphatic heterocycles. The zero-order chi connectivity index (χ0) is 11.9. The normalized spacial score (nSPS) is 13.1. The maximum Gasteiger partial charge on any atom is 0.161 e. The van der Waals surface area contributed by atoms with E-state index in [-0.39, 0.29) is 0 Å². The summed E-state index contributed by atoms with van der Waals surface area (Å²) in [6, 6.07) is 8.11. The molecule has 1 aromatic rings. The van der Waals surface area contributed by atoms with E-state index in [9.17, 15) is 0 Å². The molecule has 0 aliphatic carbocycles. The van der Waals surface area contributed by atoms with Gasteiger partial charge in [0.05, 0.1) is 6.07 Å². The first-order valence-electron chi connectivity index (χ1n) is 5.86. The Morgan fingerprint density at radius 2 is 2.06 bits per heavy atom. The van der Waals surface area contributed by atoms with E-state index in [2.05, 4.69) is 11.4 Å². The smallest absolute Gasteiger partial charge is 0.161 e. The fourth-order valence-electron chi connectivity index (χ4n) is 1.72. The second kappa shape index (κ2) is 6.12. The van der Waals surface area contributed by atoms with Crippen LogP contribution in [0.2, 0.25) is 0 Å². The average Bonchev–Trinajstić information content (AvgIpc) is 2.38. The monoisotopic (exact) mass is 232 g/mol. The van der Waals surface area contributed by atoms with Crippen molar-refractivity contribution in [3.63, 3.8) is 0 Å². The molecule has 17 heavy (non-hydrogen) atoms. The quantitative estimate of drug-likeness (QED) is 0.787. The van der Waals surface area contributed by atoms with Crippen LogP contribution in [0.4, 0.5) is 0 Å². The lowest BCUT2D eigenvalue weighted by Gasteiger charge is -2.18. The fourth-order valence-corrected chi connectivity index (χ4v) is 1.72. The minimum atomic E-state index is 0.605. The molecule has 0 fully saturated rings. The number of hydrogen-bond donors (Lipinski definition) is 1. The van der Waals surface area contributed by atoms with Crippen molar-refractivity contribution < 1.29 is 9.47 Å². The predicted octanol–water partition coefficient (Wildman–Crippen LogP) is 1.85. The summed E-state index contributed by atoms with van der Waals surface area (Å²) in [6.45, 7) is 2.90. The Morgan fingerprint density at radius 1 is 1.24 bits per heavy atom. The third kappa shape index (κ3) is 3.36. The summed E-state index contributed by atoms with van der Waals surface area (Å²) in [6.07, 6.45) is 1.50. The summed E-state index contributed by atoms with van der Waals surface area (Å²) in [7, 11) is 0. The van der Waals surface area contributed by atoms with Crippen molar-refractivity contribution in [3.8, 4) is 17.6 Å². The van der Waals surface area contributed by atoms with Crippen molar-refractivity contribution >= 4 is 0 Å². The van der Waals surface area contributed by atoms with Crippen LogP contribution in [-0.2, 0) is 6.54 Å². The molecule has 0 atom stereocenters. The lowest BCUT2D eigenvalue weighted by molar-refractivity contribution is 0.171. The molecule has 0 aromatic heterocycles. The van der Waals surface area contributed by atoms with Gasteiger partial charge in [-0.15, -0.1) is 0 Å². The van der Waals surface area contributed by atoms with Gasteiger partial charge in [-0.2, -0.15) is 5.26 Å². The van der Waals surface area contributed by atoms with Gasteiger partial charge >= 0.3 is 0 Å². The van der Waals surface area contributed by atoms with E-state index in [1.165, 1.54) is 5.56 Å². The molecule has 0 radical (unpaired) electrons. The third-order valence-corrected chi connectivity index (χ3v) is 2.58. The van der Waals surface area contributed by atoms with E-state index in [0.717, 1.165) is 31.0 Å². The molecule has 0 saturated carbocycles. The molecule has 0 spiro atoms. The standard InChI is InChI=1S/C13H16N2O2/c14-5-1-2-6-15-10-11-3-4-12-13(9-11)17-8-7-16-12/h3-4,9,15H,1-2,6-8,10H2. The lowest BCUT2D eigenvalue weighted by atomic mass is 10.2. The summed E-state index contributed by atoms with van der Waals surface area (Å²) in [5, 5.41) is 11.7. The highest BCUT2D eigenvalue weighted by atomic mass is 16.6. The van der Waals surface area contributed by atoms with Gasteiger partial charge in [0.25, 0.3) is 0 Å². The van der Waals surface area contributed by atoms with Gasteiger partial charge in [0.1, 0.15) is 13.2 Å². The molecule has 2 rings (SSSR count). The first-order chi connectivity index (χ1) is 8.40. The molecule has 4 nitrogen and oxygen atoms in total. The predicted molar refractivity (Wildman–Crippen MR) is 64.0 cm³/mol. The van der Waals surface area contributed by atoms with Crippen LogP contribution >= 0.6 is 0 Å².